The molecule has 164 valence electrons. The van der Waals surface area contributed by atoms with Gasteiger partial charge in [-0.25, -0.2) is 9.48 Å². The minimum absolute atomic E-state index is 0.142. The second-order valence-corrected chi connectivity index (χ2v) is 8.13. The van der Waals surface area contributed by atoms with Crippen molar-refractivity contribution in [2.75, 3.05) is 19.7 Å². The summed E-state index contributed by atoms with van der Waals surface area (Å²) in [4.78, 5) is 26.2. The zero-order chi connectivity index (χ0) is 21.9. The maximum atomic E-state index is 12.7. The first-order valence-electron chi connectivity index (χ1n) is 10.7. The lowest BCUT2D eigenvalue weighted by molar-refractivity contribution is -0.132. The lowest BCUT2D eigenvalue weighted by Gasteiger charge is -2.32. The Hall–Kier alpha value is -3.75. The van der Waals surface area contributed by atoms with E-state index in [9.17, 15) is 9.59 Å². The van der Waals surface area contributed by atoms with Crippen LogP contribution in [-0.4, -0.2) is 56.7 Å². The van der Waals surface area contributed by atoms with Crippen LogP contribution < -0.4 is 4.74 Å². The number of hydrogen-bond acceptors (Lipinski definition) is 7. The Balaban J connectivity index is 1.08. The summed E-state index contributed by atoms with van der Waals surface area (Å²) in [6, 6.07) is 13.1. The van der Waals surface area contributed by atoms with Crippen molar-refractivity contribution in [2.24, 2.45) is 5.92 Å². The molecule has 2 aliphatic rings. The molecule has 0 atom stereocenters. The summed E-state index contributed by atoms with van der Waals surface area (Å²) in [5, 5.41) is 11.1. The topological polar surface area (TPSA) is 99.4 Å². The molecule has 3 heterocycles. The van der Waals surface area contributed by atoms with Crippen molar-refractivity contribution in [2.45, 2.75) is 25.9 Å². The number of ether oxygens (including phenoxy) is 2. The molecule has 0 bridgehead atoms. The normalized spacial score (nSPS) is 16.0. The molecule has 1 amide bonds. The van der Waals surface area contributed by atoms with Gasteiger partial charge in [0.05, 0.1) is 24.3 Å². The fraction of sp³-hybridized carbons (Fsp3) is 0.348. The van der Waals surface area contributed by atoms with E-state index in [4.69, 9.17) is 9.47 Å². The van der Waals surface area contributed by atoms with Gasteiger partial charge >= 0.3 is 5.97 Å². The summed E-state index contributed by atoms with van der Waals surface area (Å²) >= 11 is 0. The van der Waals surface area contributed by atoms with Gasteiger partial charge in [0.1, 0.15) is 18.7 Å². The standard InChI is InChI=1S/C23H23N5O4/c29-22(11-16-1-3-19(4-2-16)28-15-24-25-26-28)27-9-7-17(8-10-27)13-31-20-5-6-21-18(12-20)14-32-23(21)30/h1-6,12,15,17H,7-11,13-14H2. The number of carbonyl (C=O) groups excluding carboxylic acids is 2. The molecular formula is C23H23N5O4. The predicted octanol–water partition coefficient (Wildman–Crippen LogP) is 2.19. The molecule has 1 fully saturated rings. The monoisotopic (exact) mass is 433 g/mol. The third kappa shape index (κ3) is 4.32. The molecule has 5 rings (SSSR count). The highest BCUT2D eigenvalue weighted by Crippen LogP contribution is 2.26. The molecule has 2 aliphatic heterocycles. The number of fused-ring (bicyclic) bond motifs is 1. The molecule has 9 nitrogen and oxygen atoms in total. The molecule has 0 radical (unpaired) electrons. The van der Waals surface area contributed by atoms with E-state index in [0.717, 1.165) is 48.5 Å². The van der Waals surface area contributed by atoms with Gasteiger partial charge in [-0.15, -0.1) is 5.10 Å². The molecule has 0 unspecified atom stereocenters. The van der Waals surface area contributed by atoms with Crippen molar-refractivity contribution in [1.82, 2.24) is 25.1 Å². The lowest BCUT2D eigenvalue weighted by atomic mass is 9.97. The highest BCUT2D eigenvalue weighted by atomic mass is 16.5. The van der Waals surface area contributed by atoms with Crippen LogP contribution in [0.3, 0.4) is 0 Å². The van der Waals surface area contributed by atoms with Crippen LogP contribution in [0.15, 0.2) is 48.8 Å². The minimum atomic E-state index is -0.271. The summed E-state index contributed by atoms with van der Waals surface area (Å²) in [5.41, 5.74) is 3.32. The fourth-order valence-corrected chi connectivity index (χ4v) is 4.10. The summed E-state index contributed by atoms with van der Waals surface area (Å²) in [6.07, 6.45) is 3.74. The SMILES string of the molecule is O=C1OCc2cc(OCC3CCN(C(=O)Cc4ccc(-n5cnnn5)cc4)CC3)ccc21. The molecule has 0 aliphatic carbocycles. The summed E-state index contributed by atoms with van der Waals surface area (Å²) < 4.78 is 12.6. The van der Waals surface area contributed by atoms with Crippen molar-refractivity contribution in [3.05, 3.63) is 65.5 Å². The van der Waals surface area contributed by atoms with Crippen LogP contribution in [0.25, 0.3) is 5.69 Å². The van der Waals surface area contributed by atoms with Crippen LogP contribution in [0.4, 0.5) is 0 Å². The number of hydrogen-bond donors (Lipinski definition) is 0. The van der Waals surface area contributed by atoms with Crippen LogP contribution in [0.5, 0.6) is 5.75 Å². The number of piperidine rings is 1. The Bertz CT molecular complexity index is 1110. The quantitative estimate of drug-likeness (QED) is 0.550. The molecule has 0 N–H and O–H groups in total. The van der Waals surface area contributed by atoms with E-state index in [0.29, 0.717) is 31.1 Å². The van der Waals surface area contributed by atoms with Crippen LogP contribution in [0.2, 0.25) is 0 Å². The molecule has 0 spiro atoms. The second-order valence-electron chi connectivity index (χ2n) is 8.13. The average Bonchev–Trinajstić information content (AvgIpc) is 3.49. The largest absolute Gasteiger partial charge is 0.493 e. The van der Waals surface area contributed by atoms with Gasteiger partial charge in [-0.1, -0.05) is 12.1 Å². The summed E-state index contributed by atoms with van der Waals surface area (Å²) in [5.74, 6) is 1.03. The Kier molecular flexibility index (Phi) is 5.53. The van der Waals surface area contributed by atoms with E-state index in [1.54, 1.807) is 10.7 Å². The van der Waals surface area contributed by atoms with Gasteiger partial charge in [-0.2, -0.15) is 0 Å². The molecule has 2 aromatic carbocycles. The number of likely N-dealkylation sites (tertiary alicyclic amines) is 1. The molecule has 9 heteroatoms. The Labute approximate surface area is 184 Å². The van der Waals surface area contributed by atoms with Gasteiger partial charge in [0.2, 0.25) is 5.91 Å². The molecule has 1 aromatic heterocycles. The summed E-state index contributed by atoms with van der Waals surface area (Å²) in [7, 11) is 0. The van der Waals surface area contributed by atoms with Gasteiger partial charge in [0, 0.05) is 18.7 Å². The number of aromatic nitrogens is 4. The molecule has 1 saturated heterocycles. The first kappa shape index (κ1) is 20.2. The maximum Gasteiger partial charge on any atom is 0.338 e. The number of rotatable bonds is 6. The zero-order valence-corrected chi connectivity index (χ0v) is 17.5. The maximum absolute atomic E-state index is 12.7. The van der Waals surface area contributed by atoms with Crippen molar-refractivity contribution in [3.8, 4) is 11.4 Å². The van der Waals surface area contributed by atoms with E-state index in [2.05, 4.69) is 15.5 Å². The Morgan fingerprint density at radius 1 is 1.12 bits per heavy atom. The Morgan fingerprint density at radius 2 is 1.94 bits per heavy atom. The number of nitrogens with zero attached hydrogens (tertiary/aromatic N) is 5. The molecule has 0 saturated carbocycles. The smallest absolute Gasteiger partial charge is 0.338 e. The van der Waals surface area contributed by atoms with Gasteiger partial charge in [-0.05, 0) is 65.1 Å². The average molecular weight is 433 g/mol. The van der Waals surface area contributed by atoms with Crippen LogP contribution in [-0.2, 0) is 22.6 Å². The first-order chi connectivity index (χ1) is 15.7. The van der Waals surface area contributed by atoms with Gasteiger partial charge in [-0.3, -0.25) is 4.79 Å². The number of carbonyl (C=O) groups is 2. The third-order valence-corrected chi connectivity index (χ3v) is 6.01. The van der Waals surface area contributed by atoms with Crippen molar-refractivity contribution < 1.29 is 19.1 Å². The van der Waals surface area contributed by atoms with Gasteiger partial charge in [0.15, 0.2) is 0 Å². The van der Waals surface area contributed by atoms with E-state index in [1.165, 1.54) is 6.33 Å². The summed E-state index contributed by atoms with van der Waals surface area (Å²) in [6.45, 7) is 2.39. The highest BCUT2D eigenvalue weighted by molar-refractivity contribution is 5.93. The van der Waals surface area contributed by atoms with E-state index >= 15 is 0 Å². The number of benzene rings is 2. The third-order valence-electron chi connectivity index (χ3n) is 6.01. The Morgan fingerprint density at radius 3 is 2.69 bits per heavy atom. The predicted molar refractivity (Wildman–Crippen MR) is 113 cm³/mol. The number of tetrazole rings is 1. The van der Waals surface area contributed by atoms with E-state index in [-0.39, 0.29) is 11.9 Å². The molecule has 32 heavy (non-hydrogen) atoms. The fourth-order valence-electron chi connectivity index (χ4n) is 4.10. The molecule has 3 aromatic rings. The van der Waals surface area contributed by atoms with Crippen LogP contribution in [0, 0.1) is 5.92 Å². The van der Waals surface area contributed by atoms with Crippen LogP contribution in [0.1, 0.15) is 34.3 Å². The van der Waals surface area contributed by atoms with Crippen molar-refractivity contribution in [3.63, 3.8) is 0 Å². The van der Waals surface area contributed by atoms with Crippen LogP contribution >= 0.6 is 0 Å². The minimum Gasteiger partial charge on any atom is -0.493 e. The number of amides is 1. The zero-order valence-electron chi connectivity index (χ0n) is 17.5. The number of esters is 1. The van der Waals surface area contributed by atoms with E-state index < -0.39 is 0 Å². The van der Waals surface area contributed by atoms with E-state index in [1.807, 2.05) is 41.3 Å². The second kappa shape index (κ2) is 8.78. The molecular weight excluding hydrogens is 410 g/mol. The van der Waals surface area contributed by atoms with Crippen molar-refractivity contribution in [1.29, 1.82) is 0 Å². The van der Waals surface area contributed by atoms with Gasteiger partial charge < -0.3 is 14.4 Å². The first-order valence-corrected chi connectivity index (χ1v) is 10.7. The van der Waals surface area contributed by atoms with Gasteiger partial charge in [0.25, 0.3) is 0 Å². The lowest BCUT2D eigenvalue weighted by Crippen LogP contribution is -2.40. The number of cyclic esters (lactones) is 1. The highest BCUT2D eigenvalue weighted by Gasteiger charge is 2.24. The van der Waals surface area contributed by atoms with Crippen molar-refractivity contribution >= 4 is 11.9 Å².